The van der Waals surface area contributed by atoms with Gasteiger partial charge in [-0.25, -0.2) is 4.79 Å². The van der Waals surface area contributed by atoms with Gasteiger partial charge in [0.05, 0.1) is 24.0 Å². The van der Waals surface area contributed by atoms with E-state index in [4.69, 9.17) is 4.74 Å². The van der Waals surface area contributed by atoms with E-state index in [9.17, 15) is 14.4 Å². The molecule has 0 bridgehead atoms. The summed E-state index contributed by atoms with van der Waals surface area (Å²) in [6, 6.07) is 13.6. The molecule has 0 fully saturated rings. The Labute approximate surface area is 227 Å². The summed E-state index contributed by atoms with van der Waals surface area (Å²) in [6.45, 7) is 12.2. The first-order chi connectivity index (χ1) is 18.2. The molecule has 0 radical (unpaired) electrons. The summed E-state index contributed by atoms with van der Waals surface area (Å²) >= 11 is 1.23. The molecular formula is C28H33N5O4S. The summed E-state index contributed by atoms with van der Waals surface area (Å²) in [6.07, 6.45) is 1.72. The Morgan fingerprint density at radius 1 is 1.11 bits per heavy atom. The zero-order valence-electron chi connectivity index (χ0n) is 22.1. The standard InChI is InChI=1S/C28H33N5O4S/c1-6-14-33-25(24(18(3)4)30-26(35)20-11-8-10-19(5)15-20)31-32-28(33)38-17-23(34)29-22-13-9-12-21(16-22)27(36)37-7-2/h6,8-13,15-16,18,24H,1,7,14,17H2,2-5H3,(H,29,34)(H,30,35)/t24-/m1/s1. The number of aromatic nitrogens is 3. The van der Waals surface area contributed by atoms with Gasteiger partial charge in [0.2, 0.25) is 5.91 Å². The summed E-state index contributed by atoms with van der Waals surface area (Å²) in [4.78, 5) is 37.6. The predicted molar refractivity (Wildman–Crippen MR) is 148 cm³/mol. The van der Waals surface area contributed by atoms with Crippen LogP contribution in [0, 0.1) is 12.8 Å². The van der Waals surface area contributed by atoms with Gasteiger partial charge in [0, 0.05) is 17.8 Å². The fourth-order valence-electron chi connectivity index (χ4n) is 3.74. The average molecular weight is 536 g/mol. The van der Waals surface area contributed by atoms with Crippen LogP contribution in [0.4, 0.5) is 5.69 Å². The number of nitrogens with one attached hydrogen (secondary N) is 2. The van der Waals surface area contributed by atoms with Crippen molar-refractivity contribution in [1.82, 2.24) is 20.1 Å². The van der Waals surface area contributed by atoms with E-state index in [1.165, 1.54) is 11.8 Å². The second-order valence-electron chi connectivity index (χ2n) is 8.94. The molecule has 1 aromatic heterocycles. The summed E-state index contributed by atoms with van der Waals surface area (Å²) in [5.41, 5.74) is 2.43. The quantitative estimate of drug-likeness (QED) is 0.194. The van der Waals surface area contributed by atoms with Crippen molar-refractivity contribution in [2.75, 3.05) is 17.7 Å². The molecule has 2 aromatic carbocycles. The van der Waals surface area contributed by atoms with Gasteiger partial charge in [-0.1, -0.05) is 55.4 Å². The number of hydrogen-bond acceptors (Lipinski definition) is 7. The molecule has 2 N–H and O–H groups in total. The van der Waals surface area contributed by atoms with Crippen molar-refractivity contribution in [2.45, 2.75) is 45.4 Å². The van der Waals surface area contributed by atoms with Gasteiger partial charge in [0.1, 0.15) is 0 Å². The van der Waals surface area contributed by atoms with Crippen molar-refractivity contribution in [1.29, 1.82) is 0 Å². The number of hydrogen-bond donors (Lipinski definition) is 2. The molecular weight excluding hydrogens is 502 g/mol. The predicted octanol–water partition coefficient (Wildman–Crippen LogP) is 4.81. The maximum atomic E-state index is 13.0. The first-order valence-corrected chi connectivity index (χ1v) is 13.3. The number of rotatable bonds is 12. The number of aryl methyl sites for hydroxylation is 1. The third-order valence-corrected chi connectivity index (χ3v) is 6.53. The SMILES string of the molecule is C=CCn1c(SCC(=O)Nc2cccc(C(=O)OCC)c2)nnc1[C@H](NC(=O)c1cccc(C)c1)C(C)C. The number of amides is 2. The van der Waals surface area contributed by atoms with Gasteiger partial charge in [0.25, 0.3) is 5.91 Å². The number of benzene rings is 2. The molecule has 3 rings (SSSR count). The average Bonchev–Trinajstić information content (AvgIpc) is 3.28. The molecule has 38 heavy (non-hydrogen) atoms. The molecule has 0 aliphatic carbocycles. The van der Waals surface area contributed by atoms with E-state index in [1.807, 2.05) is 43.5 Å². The number of thioether (sulfide) groups is 1. The molecule has 1 atom stereocenters. The van der Waals surface area contributed by atoms with Crippen LogP contribution in [0.3, 0.4) is 0 Å². The Kier molecular flexibility index (Phi) is 10.2. The molecule has 0 spiro atoms. The minimum absolute atomic E-state index is 0.0318. The molecule has 0 saturated carbocycles. The Bertz CT molecular complexity index is 1300. The lowest BCUT2D eigenvalue weighted by atomic mass is 10.0. The summed E-state index contributed by atoms with van der Waals surface area (Å²) in [7, 11) is 0. The van der Waals surface area contributed by atoms with Gasteiger partial charge in [-0.2, -0.15) is 0 Å². The van der Waals surface area contributed by atoms with Gasteiger partial charge < -0.3 is 19.9 Å². The topological polar surface area (TPSA) is 115 Å². The second-order valence-corrected chi connectivity index (χ2v) is 9.89. The minimum atomic E-state index is -0.447. The lowest BCUT2D eigenvalue weighted by molar-refractivity contribution is -0.113. The van der Waals surface area contributed by atoms with E-state index in [-0.39, 0.29) is 30.1 Å². The van der Waals surface area contributed by atoms with Crippen LogP contribution in [0.15, 0.2) is 66.3 Å². The summed E-state index contributed by atoms with van der Waals surface area (Å²) < 4.78 is 6.87. The fourth-order valence-corrected chi connectivity index (χ4v) is 4.50. The van der Waals surface area contributed by atoms with Crippen LogP contribution in [0.5, 0.6) is 0 Å². The summed E-state index contributed by atoms with van der Waals surface area (Å²) in [5.74, 6) is -0.216. The van der Waals surface area contributed by atoms with Crippen molar-refractivity contribution in [3.8, 4) is 0 Å². The molecule has 0 saturated heterocycles. The van der Waals surface area contributed by atoms with Gasteiger partial charge in [0.15, 0.2) is 11.0 Å². The highest BCUT2D eigenvalue weighted by Crippen LogP contribution is 2.26. The molecule has 3 aromatic rings. The normalized spacial score (nSPS) is 11.6. The lowest BCUT2D eigenvalue weighted by Crippen LogP contribution is -2.34. The zero-order chi connectivity index (χ0) is 27.7. The van der Waals surface area contributed by atoms with Gasteiger partial charge in [-0.3, -0.25) is 9.59 Å². The highest BCUT2D eigenvalue weighted by atomic mass is 32.2. The number of allylic oxidation sites excluding steroid dienone is 1. The van der Waals surface area contributed by atoms with Crippen molar-refractivity contribution in [3.63, 3.8) is 0 Å². The van der Waals surface area contributed by atoms with Crippen molar-refractivity contribution in [2.24, 2.45) is 5.92 Å². The Morgan fingerprint density at radius 2 is 1.84 bits per heavy atom. The van der Waals surface area contributed by atoms with Crippen LogP contribution in [0.1, 0.15) is 58.9 Å². The van der Waals surface area contributed by atoms with E-state index in [2.05, 4.69) is 27.4 Å². The van der Waals surface area contributed by atoms with Crippen LogP contribution in [-0.2, 0) is 16.1 Å². The maximum Gasteiger partial charge on any atom is 0.338 e. The van der Waals surface area contributed by atoms with Crippen LogP contribution in [0.2, 0.25) is 0 Å². The highest BCUT2D eigenvalue weighted by molar-refractivity contribution is 7.99. The minimum Gasteiger partial charge on any atom is -0.462 e. The monoisotopic (exact) mass is 535 g/mol. The molecule has 9 nitrogen and oxygen atoms in total. The Morgan fingerprint density at radius 3 is 2.53 bits per heavy atom. The Balaban J connectivity index is 1.72. The molecule has 0 unspecified atom stereocenters. The van der Waals surface area contributed by atoms with Crippen molar-refractivity contribution >= 4 is 35.2 Å². The molecule has 200 valence electrons. The highest BCUT2D eigenvalue weighted by Gasteiger charge is 2.26. The van der Waals surface area contributed by atoms with Gasteiger partial charge in [-0.15, -0.1) is 16.8 Å². The summed E-state index contributed by atoms with van der Waals surface area (Å²) in [5, 5.41) is 15.1. The van der Waals surface area contributed by atoms with E-state index in [0.29, 0.717) is 34.3 Å². The second kappa shape index (κ2) is 13.6. The molecule has 2 amide bonds. The molecule has 1 heterocycles. The zero-order valence-corrected chi connectivity index (χ0v) is 22.9. The maximum absolute atomic E-state index is 13.0. The van der Waals surface area contributed by atoms with Crippen molar-refractivity contribution < 1.29 is 19.1 Å². The van der Waals surface area contributed by atoms with E-state index in [0.717, 1.165) is 5.56 Å². The van der Waals surface area contributed by atoms with Crippen molar-refractivity contribution in [3.05, 3.63) is 83.7 Å². The van der Waals surface area contributed by atoms with Crippen LogP contribution < -0.4 is 10.6 Å². The molecule has 0 aliphatic heterocycles. The number of nitrogens with zero attached hydrogens (tertiary/aromatic N) is 3. The number of anilines is 1. The number of carbonyl (C=O) groups excluding carboxylic acids is 3. The first-order valence-electron chi connectivity index (χ1n) is 12.3. The third-order valence-electron chi connectivity index (χ3n) is 5.56. The van der Waals surface area contributed by atoms with Gasteiger partial charge >= 0.3 is 5.97 Å². The Hall–Kier alpha value is -3.92. The molecule has 0 aliphatic rings. The van der Waals surface area contributed by atoms with Crippen LogP contribution in [-0.4, -0.2) is 44.9 Å². The van der Waals surface area contributed by atoms with E-state index < -0.39 is 12.0 Å². The lowest BCUT2D eigenvalue weighted by Gasteiger charge is -2.22. The largest absolute Gasteiger partial charge is 0.462 e. The number of carbonyl (C=O) groups is 3. The smallest absolute Gasteiger partial charge is 0.338 e. The van der Waals surface area contributed by atoms with Crippen LogP contribution in [0.25, 0.3) is 0 Å². The van der Waals surface area contributed by atoms with E-state index >= 15 is 0 Å². The van der Waals surface area contributed by atoms with Crippen LogP contribution >= 0.6 is 11.8 Å². The fraction of sp³-hybridized carbons (Fsp3) is 0.321. The van der Waals surface area contributed by atoms with Gasteiger partial charge in [-0.05, 0) is 50.1 Å². The number of ether oxygens (including phenoxy) is 1. The number of esters is 1. The first kappa shape index (κ1) is 28.6. The van der Waals surface area contributed by atoms with E-state index in [1.54, 1.807) is 43.3 Å². The third kappa shape index (κ3) is 7.55. The molecule has 10 heteroatoms.